The van der Waals surface area contributed by atoms with Gasteiger partial charge in [-0.25, -0.2) is 0 Å². The molecule has 5 aliphatic carbocycles. The molecule has 4 fully saturated rings. The molecule has 0 aromatic carbocycles. The van der Waals surface area contributed by atoms with Crippen LogP contribution in [0.4, 0.5) is 0 Å². The molecule has 10 atom stereocenters. The van der Waals surface area contributed by atoms with Gasteiger partial charge in [-0.1, -0.05) is 46.3 Å². The van der Waals surface area contributed by atoms with Crippen LogP contribution in [0.5, 0.6) is 0 Å². The summed E-state index contributed by atoms with van der Waals surface area (Å²) in [6, 6.07) is 0. The summed E-state index contributed by atoms with van der Waals surface area (Å²) in [5, 5.41) is 65.1. The van der Waals surface area contributed by atoms with Crippen LogP contribution in [0.3, 0.4) is 0 Å². The number of rotatable bonds is 3. The smallest absolute Gasteiger partial charge is 0.312 e. The Bertz CT molecular complexity index is 986. The van der Waals surface area contributed by atoms with Crippen LogP contribution in [-0.2, 0) is 4.79 Å². The van der Waals surface area contributed by atoms with Crippen LogP contribution in [0.15, 0.2) is 11.6 Å². The van der Waals surface area contributed by atoms with Crippen molar-refractivity contribution in [2.75, 3.05) is 13.2 Å². The molecule has 7 nitrogen and oxygen atoms in total. The molecule has 0 amide bonds. The van der Waals surface area contributed by atoms with E-state index in [2.05, 4.69) is 40.7 Å². The summed E-state index contributed by atoms with van der Waals surface area (Å²) >= 11 is 0. The van der Waals surface area contributed by atoms with Crippen LogP contribution in [0.1, 0.15) is 86.0 Å². The van der Waals surface area contributed by atoms with Crippen molar-refractivity contribution in [2.24, 2.45) is 50.2 Å². The standard InChI is InChI=1S/C30H48O7/c1-25(2)10-11-30(24(36)37)18(12-25)17-6-7-20-26(3)13-19(33)23(35)29(15-31,16-32)21(26)8-9-27(20,4)28(17,5)14-22(30)34/h6,18-23,31-35H,7-16H2,1-5H3,(H,36,37)/t18-,19-,20+,21+,22+,23?,26+,27+,28+,30+/m0/s1. The van der Waals surface area contributed by atoms with Crippen LogP contribution in [0.25, 0.3) is 0 Å². The Morgan fingerprint density at radius 1 is 0.919 bits per heavy atom. The SMILES string of the molecule is CC1(C)CC[C@]2(C(=O)O)[C@H](O)C[C@]3(C)C(=CC[C@@H]4[C@@]5(C)C[C@H](O)C(O)C(CO)(CO)[C@@H]5CC[C@]43C)[C@@H]2C1. The Hall–Kier alpha value is -0.990. The molecular formula is C30H48O7. The topological polar surface area (TPSA) is 138 Å². The second-order valence-corrected chi connectivity index (χ2v) is 15.0. The summed E-state index contributed by atoms with van der Waals surface area (Å²) in [6.07, 6.45) is 4.08. The number of carbonyl (C=O) groups is 1. The molecule has 1 unspecified atom stereocenters. The van der Waals surface area contributed by atoms with Crippen molar-refractivity contribution >= 4 is 5.97 Å². The summed E-state index contributed by atoms with van der Waals surface area (Å²) in [6.45, 7) is 10.3. The lowest BCUT2D eigenvalue weighted by Crippen LogP contribution is -2.70. The third-order valence-electron chi connectivity index (χ3n) is 13.2. The van der Waals surface area contributed by atoms with Crippen molar-refractivity contribution in [3.05, 3.63) is 11.6 Å². The molecule has 0 aliphatic heterocycles. The highest BCUT2D eigenvalue weighted by molar-refractivity contribution is 5.77. The molecule has 5 aliphatic rings. The number of hydrogen-bond acceptors (Lipinski definition) is 6. The van der Waals surface area contributed by atoms with Crippen LogP contribution in [-0.4, -0.2) is 68.1 Å². The number of aliphatic hydroxyl groups excluding tert-OH is 5. The molecule has 37 heavy (non-hydrogen) atoms. The maximum absolute atomic E-state index is 12.8. The lowest BCUT2D eigenvalue weighted by molar-refractivity contribution is -0.260. The largest absolute Gasteiger partial charge is 0.481 e. The monoisotopic (exact) mass is 520 g/mol. The third kappa shape index (κ3) is 3.21. The Balaban J connectivity index is 1.64. The minimum atomic E-state index is -1.19. The number of allylic oxidation sites excluding steroid dienone is 2. The zero-order chi connectivity index (χ0) is 27.4. The third-order valence-corrected chi connectivity index (χ3v) is 13.2. The van der Waals surface area contributed by atoms with E-state index in [-0.39, 0.29) is 41.8 Å². The zero-order valence-electron chi connectivity index (χ0n) is 23.2. The van der Waals surface area contributed by atoms with Crippen molar-refractivity contribution in [2.45, 2.75) is 104 Å². The van der Waals surface area contributed by atoms with Crippen molar-refractivity contribution < 1.29 is 35.4 Å². The lowest BCUT2D eigenvalue weighted by atomic mass is 9.33. The first-order chi connectivity index (χ1) is 17.1. The molecule has 210 valence electrons. The Morgan fingerprint density at radius 2 is 1.57 bits per heavy atom. The predicted octanol–water partition coefficient (Wildman–Crippen LogP) is 3.12. The number of carboxylic acids is 1. The summed E-state index contributed by atoms with van der Waals surface area (Å²) in [7, 11) is 0. The number of aliphatic hydroxyl groups is 5. The van der Waals surface area contributed by atoms with E-state index in [0.717, 1.165) is 25.7 Å². The first-order valence-electron chi connectivity index (χ1n) is 14.3. The average Bonchev–Trinajstić information content (AvgIpc) is 2.80. The fraction of sp³-hybridized carbons (Fsp3) is 0.900. The molecule has 0 saturated heterocycles. The van der Waals surface area contributed by atoms with Crippen LogP contribution >= 0.6 is 0 Å². The summed E-state index contributed by atoms with van der Waals surface area (Å²) in [5.74, 6) is -1.18. The first kappa shape index (κ1) is 27.6. The van der Waals surface area contributed by atoms with Gasteiger partial charge in [0.15, 0.2) is 0 Å². The van der Waals surface area contributed by atoms with E-state index in [9.17, 15) is 35.4 Å². The number of fused-ring (bicyclic) bond motifs is 7. The average molecular weight is 521 g/mol. The Kier molecular flexibility index (Phi) is 6.16. The number of carboxylic acid groups (broad SMARTS) is 1. The molecule has 0 radical (unpaired) electrons. The van der Waals surface area contributed by atoms with Gasteiger partial charge in [-0.15, -0.1) is 0 Å². The summed E-state index contributed by atoms with van der Waals surface area (Å²) in [5.41, 5.74) is -2.26. The molecule has 0 heterocycles. The molecule has 7 heteroatoms. The molecule has 5 rings (SSSR count). The first-order valence-corrected chi connectivity index (χ1v) is 14.3. The van der Waals surface area contributed by atoms with Gasteiger partial charge in [0, 0.05) is 5.41 Å². The maximum atomic E-state index is 12.8. The fourth-order valence-corrected chi connectivity index (χ4v) is 10.9. The van der Waals surface area contributed by atoms with Crippen LogP contribution < -0.4 is 0 Å². The second kappa shape index (κ2) is 8.26. The van der Waals surface area contributed by atoms with Crippen molar-refractivity contribution in [3.8, 4) is 0 Å². The minimum absolute atomic E-state index is 0.00467. The Morgan fingerprint density at radius 3 is 2.16 bits per heavy atom. The highest BCUT2D eigenvalue weighted by Crippen LogP contribution is 2.75. The van der Waals surface area contributed by atoms with E-state index in [1.807, 2.05) is 0 Å². The second-order valence-electron chi connectivity index (χ2n) is 15.0. The van der Waals surface area contributed by atoms with Crippen LogP contribution in [0, 0.1) is 50.2 Å². The quantitative estimate of drug-likeness (QED) is 0.314. The van der Waals surface area contributed by atoms with E-state index in [1.54, 1.807) is 0 Å². The zero-order valence-corrected chi connectivity index (χ0v) is 23.2. The molecule has 0 spiro atoms. The van der Waals surface area contributed by atoms with E-state index >= 15 is 0 Å². The molecule has 0 bridgehead atoms. The van der Waals surface area contributed by atoms with Gasteiger partial charge in [-0.2, -0.15) is 0 Å². The highest BCUT2D eigenvalue weighted by Gasteiger charge is 2.72. The number of aliphatic carboxylic acids is 1. The molecular weight excluding hydrogens is 472 g/mol. The molecule has 0 aromatic rings. The number of hydrogen-bond donors (Lipinski definition) is 6. The Labute approximate surface area is 221 Å². The minimum Gasteiger partial charge on any atom is -0.481 e. The van der Waals surface area contributed by atoms with Crippen molar-refractivity contribution in [3.63, 3.8) is 0 Å². The molecule has 4 saturated carbocycles. The van der Waals surface area contributed by atoms with E-state index in [4.69, 9.17) is 0 Å². The van der Waals surface area contributed by atoms with Gasteiger partial charge >= 0.3 is 5.97 Å². The molecule has 0 aromatic heterocycles. The van der Waals surface area contributed by atoms with Gasteiger partial charge in [-0.3, -0.25) is 4.79 Å². The predicted molar refractivity (Wildman–Crippen MR) is 138 cm³/mol. The highest BCUT2D eigenvalue weighted by atomic mass is 16.4. The maximum Gasteiger partial charge on any atom is 0.312 e. The normalized spacial score (nSPS) is 52.1. The van der Waals surface area contributed by atoms with Crippen molar-refractivity contribution in [1.29, 1.82) is 0 Å². The van der Waals surface area contributed by atoms with Gasteiger partial charge in [0.05, 0.1) is 31.5 Å². The summed E-state index contributed by atoms with van der Waals surface area (Å²) < 4.78 is 0. The van der Waals surface area contributed by atoms with E-state index < -0.39 is 45.9 Å². The summed E-state index contributed by atoms with van der Waals surface area (Å²) in [4.78, 5) is 12.8. The van der Waals surface area contributed by atoms with E-state index in [0.29, 0.717) is 25.7 Å². The van der Waals surface area contributed by atoms with Gasteiger partial charge in [0.1, 0.15) is 5.41 Å². The molecule has 6 N–H and O–H groups in total. The fourth-order valence-electron chi connectivity index (χ4n) is 10.9. The van der Waals surface area contributed by atoms with Gasteiger partial charge in [0.25, 0.3) is 0 Å². The van der Waals surface area contributed by atoms with Gasteiger partial charge in [-0.05, 0) is 90.8 Å². The van der Waals surface area contributed by atoms with Gasteiger partial charge < -0.3 is 30.6 Å². The van der Waals surface area contributed by atoms with Crippen molar-refractivity contribution in [1.82, 2.24) is 0 Å². The van der Waals surface area contributed by atoms with Crippen LogP contribution in [0.2, 0.25) is 0 Å². The van der Waals surface area contributed by atoms with E-state index in [1.165, 1.54) is 5.57 Å². The van der Waals surface area contributed by atoms with Gasteiger partial charge in [0.2, 0.25) is 0 Å². The lowest BCUT2D eigenvalue weighted by Gasteiger charge is -2.72.